The molecular weight excluding hydrogens is 360 g/mol. The van der Waals surface area contributed by atoms with E-state index in [2.05, 4.69) is 20.7 Å². The van der Waals surface area contributed by atoms with Gasteiger partial charge in [0, 0.05) is 12.1 Å². The van der Waals surface area contributed by atoms with Gasteiger partial charge >= 0.3 is 0 Å². The summed E-state index contributed by atoms with van der Waals surface area (Å²) in [4.78, 5) is 0.0739. The van der Waals surface area contributed by atoms with Crippen LogP contribution in [0.1, 0.15) is 11.5 Å². The maximum atomic E-state index is 12.4. The number of rotatable bonds is 5. The highest BCUT2D eigenvalue weighted by molar-refractivity contribution is 9.10. The van der Waals surface area contributed by atoms with Crippen LogP contribution in [0, 0.1) is 6.92 Å². The number of halogens is 1. The van der Waals surface area contributed by atoms with Gasteiger partial charge in [-0.2, -0.15) is 0 Å². The molecule has 21 heavy (non-hydrogen) atoms. The molecule has 0 aliphatic rings. The van der Waals surface area contributed by atoms with Gasteiger partial charge in [-0.1, -0.05) is 0 Å². The minimum absolute atomic E-state index is 0.0739. The van der Waals surface area contributed by atoms with Crippen molar-refractivity contribution in [3.05, 3.63) is 40.3 Å². The quantitative estimate of drug-likeness (QED) is 0.838. The van der Waals surface area contributed by atoms with Crippen molar-refractivity contribution in [3.8, 4) is 5.75 Å². The maximum absolute atomic E-state index is 12.4. The van der Waals surface area contributed by atoms with Crippen LogP contribution in [0.25, 0.3) is 0 Å². The molecule has 3 N–H and O–H groups in total. The van der Waals surface area contributed by atoms with Gasteiger partial charge in [-0.25, -0.2) is 8.42 Å². The number of ether oxygens (including phenoxy) is 1. The number of hydrogen-bond donors (Lipinski definition) is 2. The van der Waals surface area contributed by atoms with Gasteiger partial charge < -0.3 is 14.9 Å². The molecule has 2 aromatic rings. The first kappa shape index (κ1) is 15.9. The van der Waals surface area contributed by atoms with Crippen molar-refractivity contribution in [1.82, 2.24) is 0 Å². The van der Waals surface area contributed by atoms with E-state index in [-0.39, 0.29) is 11.4 Å². The summed E-state index contributed by atoms with van der Waals surface area (Å²) >= 11 is 3.31. The molecule has 0 radical (unpaired) electrons. The van der Waals surface area contributed by atoms with Crippen LogP contribution in [0.15, 0.2) is 38.1 Å². The van der Waals surface area contributed by atoms with Gasteiger partial charge in [-0.05, 0) is 35.0 Å². The second kappa shape index (κ2) is 6.08. The summed E-state index contributed by atoms with van der Waals surface area (Å²) in [5.41, 5.74) is 5.85. The van der Waals surface area contributed by atoms with Crippen molar-refractivity contribution in [2.45, 2.75) is 18.4 Å². The zero-order chi connectivity index (χ0) is 15.6. The Hall–Kier alpha value is -1.51. The fraction of sp³-hybridized carbons (Fsp3) is 0.231. The molecule has 0 unspecified atom stereocenters. The molecule has 0 amide bonds. The van der Waals surface area contributed by atoms with E-state index in [0.29, 0.717) is 23.0 Å². The third-order valence-corrected chi connectivity index (χ3v) is 4.96. The Morgan fingerprint density at radius 2 is 2.10 bits per heavy atom. The van der Waals surface area contributed by atoms with Gasteiger partial charge in [0.2, 0.25) is 0 Å². The normalized spacial score (nSPS) is 11.4. The molecule has 0 fully saturated rings. The van der Waals surface area contributed by atoms with Crippen LogP contribution in [-0.4, -0.2) is 15.5 Å². The van der Waals surface area contributed by atoms with Crippen LogP contribution in [0.5, 0.6) is 5.75 Å². The van der Waals surface area contributed by atoms with E-state index in [9.17, 15) is 8.42 Å². The summed E-state index contributed by atoms with van der Waals surface area (Å²) in [5, 5.41) is 0. The summed E-state index contributed by atoms with van der Waals surface area (Å²) < 4.78 is 38.4. The molecule has 2 rings (SSSR count). The number of benzene rings is 1. The smallest absolute Gasteiger partial charge is 0.265 e. The van der Waals surface area contributed by atoms with E-state index in [1.807, 2.05) is 0 Å². The predicted molar refractivity (Wildman–Crippen MR) is 82.8 cm³/mol. The predicted octanol–water partition coefficient (Wildman–Crippen LogP) is 2.62. The van der Waals surface area contributed by atoms with Crippen molar-refractivity contribution >= 4 is 31.6 Å². The van der Waals surface area contributed by atoms with Gasteiger partial charge in [0.25, 0.3) is 10.0 Å². The lowest BCUT2D eigenvalue weighted by molar-refractivity contribution is 0.412. The van der Waals surface area contributed by atoms with Crippen molar-refractivity contribution in [2.75, 3.05) is 11.8 Å². The molecule has 0 spiro atoms. The summed E-state index contributed by atoms with van der Waals surface area (Å²) in [6.07, 6.45) is 0. The molecule has 1 aromatic heterocycles. The van der Waals surface area contributed by atoms with Crippen molar-refractivity contribution in [2.24, 2.45) is 5.73 Å². The zero-order valence-electron chi connectivity index (χ0n) is 11.5. The number of nitrogens with two attached hydrogens (primary N) is 1. The van der Waals surface area contributed by atoms with Crippen LogP contribution in [0.3, 0.4) is 0 Å². The molecule has 0 aliphatic heterocycles. The van der Waals surface area contributed by atoms with Crippen LogP contribution in [-0.2, 0) is 16.6 Å². The Kier molecular flexibility index (Phi) is 4.60. The maximum Gasteiger partial charge on any atom is 0.265 e. The number of anilines is 1. The Morgan fingerprint density at radius 3 is 2.67 bits per heavy atom. The average molecular weight is 375 g/mol. The van der Waals surface area contributed by atoms with Crippen LogP contribution < -0.4 is 15.2 Å². The molecule has 0 bridgehead atoms. The molecule has 0 aliphatic carbocycles. The topological polar surface area (TPSA) is 94.6 Å². The van der Waals surface area contributed by atoms with Crippen molar-refractivity contribution < 1.29 is 17.6 Å². The van der Waals surface area contributed by atoms with Crippen LogP contribution >= 0.6 is 15.9 Å². The molecule has 6 nitrogen and oxygen atoms in total. The molecule has 0 atom stereocenters. The van der Waals surface area contributed by atoms with Crippen LogP contribution in [0.2, 0.25) is 0 Å². The summed E-state index contributed by atoms with van der Waals surface area (Å²) in [6.45, 7) is 1.72. The number of methoxy groups -OCH3 is 1. The Labute approximate surface area is 131 Å². The number of furan rings is 1. The second-order valence-corrected chi connectivity index (χ2v) is 6.80. The number of nitrogens with one attached hydrogen (secondary N) is 1. The number of hydrogen-bond acceptors (Lipinski definition) is 5. The lowest BCUT2D eigenvalue weighted by Crippen LogP contribution is -2.13. The SMILES string of the molecule is COc1cc(NS(=O)(=O)c2cc(CN)oc2C)ccc1Br. The van der Waals surface area contributed by atoms with Gasteiger partial charge in [0.05, 0.1) is 23.8 Å². The van der Waals surface area contributed by atoms with Gasteiger partial charge in [-0.3, -0.25) is 4.72 Å². The molecule has 0 saturated carbocycles. The molecule has 1 aromatic carbocycles. The highest BCUT2D eigenvalue weighted by Gasteiger charge is 2.21. The van der Waals surface area contributed by atoms with E-state index in [0.717, 1.165) is 4.47 Å². The Balaban J connectivity index is 2.35. The summed E-state index contributed by atoms with van der Waals surface area (Å²) in [6, 6.07) is 6.34. The van der Waals surface area contributed by atoms with Crippen molar-refractivity contribution in [1.29, 1.82) is 0 Å². The van der Waals surface area contributed by atoms with E-state index in [4.69, 9.17) is 14.9 Å². The first-order valence-corrected chi connectivity index (χ1v) is 8.30. The van der Waals surface area contributed by atoms with E-state index >= 15 is 0 Å². The van der Waals surface area contributed by atoms with E-state index in [1.165, 1.54) is 13.2 Å². The van der Waals surface area contributed by atoms with Gasteiger partial charge in [-0.15, -0.1) is 0 Å². The number of aryl methyl sites for hydroxylation is 1. The largest absolute Gasteiger partial charge is 0.495 e. The Morgan fingerprint density at radius 1 is 1.38 bits per heavy atom. The first-order valence-electron chi connectivity index (χ1n) is 6.03. The highest BCUT2D eigenvalue weighted by Crippen LogP contribution is 2.29. The molecule has 1 heterocycles. The Bertz CT molecular complexity index is 756. The zero-order valence-corrected chi connectivity index (χ0v) is 13.9. The molecule has 8 heteroatoms. The molecule has 0 saturated heterocycles. The van der Waals surface area contributed by atoms with Crippen molar-refractivity contribution in [3.63, 3.8) is 0 Å². The lowest BCUT2D eigenvalue weighted by atomic mass is 10.3. The van der Waals surface area contributed by atoms with E-state index < -0.39 is 10.0 Å². The van der Waals surface area contributed by atoms with Gasteiger partial charge in [0.1, 0.15) is 22.2 Å². The third-order valence-electron chi connectivity index (χ3n) is 2.82. The fourth-order valence-electron chi connectivity index (χ4n) is 1.83. The monoisotopic (exact) mass is 374 g/mol. The van der Waals surface area contributed by atoms with E-state index in [1.54, 1.807) is 25.1 Å². The second-order valence-electron chi connectivity index (χ2n) is 4.29. The third kappa shape index (κ3) is 3.39. The van der Waals surface area contributed by atoms with Gasteiger partial charge in [0.15, 0.2) is 0 Å². The average Bonchev–Trinajstić information content (AvgIpc) is 2.83. The minimum Gasteiger partial charge on any atom is -0.495 e. The molecular formula is C13H15BrN2O4S. The van der Waals surface area contributed by atoms with Crippen LogP contribution in [0.4, 0.5) is 5.69 Å². The number of sulfonamides is 1. The summed E-state index contributed by atoms with van der Waals surface area (Å²) in [5.74, 6) is 1.25. The fourth-order valence-corrected chi connectivity index (χ4v) is 3.49. The highest BCUT2D eigenvalue weighted by atomic mass is 79.9. The standard InChI is InChI=1S/C13H15BrN2O4S/c1-8-13(6-10(7-15)20-8)21(17,18)16-9-3-4-11(14)12(5-9)19-2/h3-6,16H,7,15H2,1-2H3. The first-order chi connectivity index (χ1) is 9.87. The lowest BCUT2D eigenvalue weighted by Gasteiger charge is -2.09. The molecule has 114 valence electrons. The minimum atomic E-state index is -3.74. The summed E-state index contributed by atoms with van der Waals surface area (Å²) in [7, 11) is -2.24.